The molecule has 5 saturated heterocycles. The maximum Gasteiger partial charge on any atom is 0.338 e. The van der Waals surface area contributed by atoms with Crippen LogP contribution in [0.1, 0.15) is 123 Å². The number of aliphatic hydroxyl groups is 5. The van der Waals surface area contributed by atoms with Crippen molar-refractivity contribution in [1.29, 1.82) is 0 Å². The van der Waals surface area contributed by atoms with Crippen molar-refractivity contribution in [3.05, 3.63) is 35.9 Å². The van der Waals surface area contributed by atoms with E-state index in [1.165, 1.54) is 14.0 Å². The van der Waals surface area contributed by atoms with E-state index in [1.54, 1.807) is 65.5 Å². The molecule has 4 aliphatic carbocycles. The fraction of sp³-hybridized carbons (Fsp3) is 0.857. The molecule has 0 unspecified atom stereocenters. The van der Waals surface area contributed by atoms with Gasteiger partial charge in [-0.2, -0.15) is 0 Å². The third-order valence-corrected chi connectivity index (χ3v) is 20.4. The van der Waals surface area contributed by atoms with Crippen molar-refractivity contribution in [2.24, 2.45) is 16.7 Å². The maximum atomic E-state index is 13.8. The number of methoxy groups -OCH3 is 4. The van der Waals surface area contributed by atoms with Crippen molar-refractivity contribution in [2.75, 3.05) is 28.4 Å². The molecule has 77 heavy (non-hydrogen) atoms. The number of esters is 1. The standard InChI is InChI=1S/C56H84O21/c1-27-43(58)48(67-11)44(59)50(71-27)76-47-30(4)70-42(23-36(47)66-10)75-46-29(3)69-41(22-35(46)65-9)74-45-28(2)68-40(21-34(45)64-8)72-33-17-18-51(6)37-24-38(73-49(60)32-15-13-12-14-16-32)52(7)53(61,31(5)57)19-20-56(52,63)54(37,62)26-39-55(51,25-33)77-39/h12-16,27-30,33-48,50,58-59,61-63H,17-26H2,1-11H3/t27-,28+,29+,30+,33-,34+,35+,36+,37-,38-,39+,40-,41-,42-,43-,44-,45+,46+,47+,48-,50+,51+,52+,53+,54-,55+,56-/m0/s1. The molecule has 4 saturated carbocycles. The van der Waals surface area contributed by atoms with Gasteiger partial charge in [-0.3, -0.25) is 4.79 Å². The molecule has 5 heterocycles. The van der Waals surface area contributed by atoms with Crippen LogP contribution in [0.5, 0.6) is 0 Å². The summed E-state index contributed by atoms with van der Waals surface area (Å²) in [6.45, 7) is 12.3. The normalized spacial score (nSPS) is 52.3. The van der Waals surface area contributed by atoms with E-state index >= 15 is 0 Å². The zero-order chi connectivity index (χ0) is 55.4. The Labute approximate surface area is 451 Å². The molecular formula is C56H84O21. The van der Waals surface area contributed by atoms with Crippen molar-refractivity contribution in [3.63, 3.8) is 0 Å². The first-order valence-electron chi connectivity index (χ1n) is 27.8. The topological polar surface area (TPSA) is 268 Å². The monoisotopic (exact) mass is 1090 g/mol. The van der Waals surface area contributed by atoms with Crippen LogP contribution in [0.4, 0.5) is 0 Å². The van der Waals surface area contributed by atoms with Crippen LogP contribution in [0.2, 0.25) is 0 Å². The molecule has 1 spiro atoms. The molecule has 0 bridgehead atoms. The summed E-state index contributed by atoms with van der Waals surface area (Å²) < 4.78 is 87.9. The van der Waals surface area contributed by atoms with Crippen LogP contribution in [-0.2, 0) is 71.1 Å². The lowest BCUT2D eigenvalue weighted by Gasteiger charge is -2.67. The van der Waals surface area contributed by atoms with E-state index in [1.807, 2.05) is 20.8 Å². The molecule has 9 fully saturated rings. The zero-order valence-electron chi connectivity index (χ0n) is 46.4. The molecule has 0 aromatic heterocycles. The van der Waals surface area contributed by atoms with Gasteiger partial charge < -0.3 is 91.8 Å². The van der Waals surface area contributed by atoms with E-state index in [-0.39, 0.29) is 31.8 Å². The van der Waals surface area contributed by atoms with Crippen LogP contribution in [0.15, 0.2) is 30.3 Å². The number of carbonyl (C=O) groups is 2. The summed E-state index contributed by atoms with van der Waals surface area (Å²) in [5.41, 5.74) is -8.72. The number of epoxide rings is 1. The number of Topliss-reactive ketones (excluding diaryl/α,β-unsaturated/α-hetero) is 1. The van der Waals surface area contributed by atoms with Crippen LogP contribution in [0.25, 0.3) is 0 Å². The SMILES string of the molecule is CO[C@@H]1[C@H](O)[C@@H](O[C@@H]2[C@@H](C)O[C@@H](O[C@@H]3[C@@H](C)O[C@@H](O[C@@H]4[C@@H](C)O[C@@H](O[C@H]5CC[C@]6(C)[C@@H]7C[C@H](OC(=O)c8ccccc8)[C@@]8(C)[C@@](O)(CC[C@@]8(O)C(C)=O)[C@]7(O)C[C@H]7O[C@]76C5)C[C@H]4OC)C[C@H]3OC)C[C@H]2OC)O[C@@H](C)[C@@H]1O. The van der Waals surface area contributed by atoms with Crippen LogP contribution < -0.4 is 0 Å². The van der Waals surface area contributed by atoms with Crippen molar-refractivity contribution < 1.29 is 101 Å². The van der Waals surface area contributed by atoms with E-state index in [0.717, 1.165) is 0 Å². The minimum Gasteiger partial charge on any atom is -0.458 e. The Morgan fingerprint density at radius 2 is 1.17 bits per heavy atom. The smallest absolute Gasteiger partial charge is 0.338 e. The molecule has 10 rings (SSSR count). The molecule has 0 radical (unpaired) electrons. The fourth-order valence-corrected chi connectivity index (χ4v) is 15.9. The summed E-state index contributed by atoms with van der Waals surface area (Å²) >= 11 is 0. The van der Waals surface area contributed by atoms with Crippen LogP contribution in [-0.4, -0.2) is 211 Å². The number of aliphatic hydroxyl groups excluding tert-OH is 2. The number of rotatable bonds is 15. The highest BCUT2D eigenvalue weighted by Crippen LogP contribution is 2.77. The molecule has 0 amide bonds. The predicted octanol–water partition coefficient (Wildman–Crippen LogP) is 3.02. The van der Waals surface area contributed by atoms with E-state index in [9.17, 15) is 35.1 Å². The molecule has 21 heteroatoms. The van der Waals surface area contributed by atoms with Crippen LogP contribution in [0, 0.1) is 16.7 Å². The second kappa shape index (κ2) is 21.4. The van der Waals surface area contributed by atoms with E-state index in [2.05, 4.69) is 6.92 Å². The van der Waals surface area contributed by atoms with Gasteiger partial charge in [-0.25, -0.2) is 4.79 Å². The van der Waals surface area contributed by atoms with Crippen LogP contribution >= 0.6 is 0 Å². The van der Waals surface area contributed by atoms with Gasteiger partial charge in [-0.05, 0) is 85.8 Å². The molecule has 5 N–H and O–H groups in total. The Balaban J connectivity index is 0.759. The maximum absolute atomic E-state index is 13.8. The number of carbonyl (C=O) groups excluding carboxylic acids is 2. The number of fused-ring (bicyclic) bond motifs is 4. The van der Waals surface area contributed by atoms with E-state index < -0.39 is 168 Å². The first-order valence-corrected chi connectivity index (χ1v) is 27.8. The number of hydrogen-bond donors (Lipinski definition) is 5. The summed E-state index contributed by atoms with van der Waals surface area (Å²) in [6.07, 6.45) is -10.8. The van der Waals surface area contributed by atoms with Gasteiger partial charge in [-0.15, -0.1) is 0 Å². The fourth-order valence-electron chi connectivity index (χ4n) is 15.9. The molecule has 434 valence electrons. The van der Waals surface area contributed by atoms with Crippen molar-refractivity contribution >= 4 is 11.8 Å². The minimum atomic E-state index is -2.06. The average molecular weight is 1090 g/mol. The molecule has 27 atom stereocenters. The number of ketones is 1. The van der Waals surface area contributed by atoms with Gasteiger partial charge >= 0.3 is 5.97 Å². The highest BCUT2D eigenvalue weighted by molar-refractivity contribution is 5.90. The number of hydrogen-bond acceptors (Lipinski definition) is 21. The largest absolute Gasteiger partial charge is 0.458 e. The Morgan fingerprint density at radius 1 is 0.623 bits per heavy atom. The third kappa shape index (κ3) is 9.30. The first kappa shape index (κ1) is 57.9. The summed E-state index contributed by atoms with van der Waals surface area (Å²) in [7, 11) is 6.23. The number of benzene rings is 1. The molecule has 21 nitrogen and oxygen atoms in total. The van der Waals surface area contributed by atoms with Gasteiger partial charge in [0.2, 0.25) is 0 Å². The average Bonchev–Trinajstić information content (AvgIpc) is 4.25. The lowest BCUT2D eigenvalue weighted by atomic mass is 9.40. The summed E-state index contributed by atoms with van der Waals surface area (Å²) in [5.74, 6) is -1.83. The van der Waals surface area contributed by atoms with Crippen molar-refractivity contribution in [2.45, 2.75) is 258 Å². The minimum absolute atomic E-state index is 0.0671. The number of ether oxygens (including phenoxy) is 14. The lowest BCUT2D eigenvalue weighted by molar-refractivity contribution is -0.356. The Hall–Kier alpha value is -2.36. The summed E-state index contributed by atoms with van der Waals surface area (Å²) in [5, 5.41) is 59.8. The Morgan fingerprint density at radius 3 is 1.70 bits per heavy atom. The Kier molecular flexibility index (Phi) is 16.1. The van der Waals surface area contributed by atoms with Crippen LogP contribution in [0.3, 0.4) is 0 Å². The first-order chi connectivity index (χ1) is 36.5. The van der Waals surface area contributed by atoms with Gasteiger partial charge in [0.25, 0.3) is 0 Å². The summed E-state index contributed by atoms with van der Waals surface area (Å²) in [6, 6.07) is 8.49. The highest BCUT2D eigenvalue weighted by atomic mass is 16.8. The predicted molar refractivity (Wildman–Crippen MR) is 267 cm³/mol. The van der Waals surface area contributed by atoms with Crippen molar-refractivity contribution in [3.8, 4) is 0 Å². The lowest BCUT2D eigenvalue weighted by Crippen LogP contribution is -2.80. The van der Waals surface area contributed by atoms with Gasteiger partial charge in [0.1, 0.15) is 65.1 Å². The quantitative estimate of drug-likeness (QED) is 0.0960. The van der Waals surface area contributed by atoms with Gasteiger partial charge in [-0.1, -0.05) is 25.1 Å². The van der Waals surface area contributed by atoms with E-state index in [0.29, 0.717) is 44.1 Å². The second-order valence-electron chi connectivity index (χ2n) is 24.1. The third-order valence-electron chi connectivity index (χ3n) is 20.4. The summed E-state index contributed by atoms with van der Waals surface area (Å²) in [4.78, 5) is 27.2. The molecule has 1 aromatic carbocycles. The van der Waals surface area contributed by atoms with E-state index in [4.69, 9.17) is 66.3 Å². The second-order valence-corrected chi connectivity index (χ2v) is 24.1. The van der Waals surface area contributed by atoms with Gasteiger partial charge in [0, 0.05) is 71.9 Å². The molecular weight excluding hydrogens is 1010 g/mol. The van der Waals surface area contributed by atoms with Crippen molar-refractivity contribution in [1.82, 2.24) is 0 Å². The molecule has 5 aliphatic heterocycles. The zero-order valence-corrected chi connectivity index (χ0v) is 46.4. The molecule has 9 aliphatic rings. The molecule has 1 aromatic rings. The highest BCUT2D eigenvalue weighted by Gasteiger charge is 2.87. The Bertz CT molecular complexity index is 2260. The van der Waals surface area contributed by atoms with Gasteiger partial charge in [0.15, 0.2) is 30.9 Å². The van der Waals surface area contributed by atoms with Gasteiger partial charge in [0.05, 0.1) is 65.9 Å².